The van der Waals surface area contributed by atoms with Crippen LogP contribution in [0.3, 0.4) is 0 Å². The number of nitrogens with zero attached hydrogens (tertiary/aromatic N) is 2. The lowest BCUT2D eigenvalue weighted by molar-refractivity contribution is -0.139. The summed E-state index contributed by atoms with van der Waals surface area (Å²) in [5.41, 5.74) is 0.727. The number of carbonyl (C=O) groups excluding carboxylic acids is 1. The molecule has 2 aliphatic carbocycles. The Labute approximate surface area is 159 Å². The zero-order valence-electron chi connectivity index (χ0n) is 16.0. The number of carboxylic acid groups (broad SMARTS) is 1. The van der Waals surface area contributed by atoms with Gasteiger partial charge in [-0.15, -0.1) is 11.3 Å². The molecule has 2 saturated carbocycles. The van der Waals surface area contributed by atoms with E-state index in [1.807, 2.05) is 6.92 Å². The zero-order valence-corrected chi connectivity index (χ0v) is 16.9. The van der Waals surface area contributed by atoms with E-state index in [-0.39, 0.29) is 30.0 Å². The van der Waals surface area contributed by atoms with Crippen LogP contribution in [-0.4, -0.2) is 52.0 Å². The quantitative estimate of drug-likeness (QED) is 0.761. The monoisotopic (exact) mass is 379 g/mol. The van der Waals surface area contributed by atoms with Crippen LogP contribution >= 0.6 is 11.3 Å². The number of thiazole rings is 1. The summed E-state index contributed by atoms with van der Waals surface area (Å²) in [7, 11) is 0. The lowest BCUT2D eigenvalue weighted by atomic mass is 9.85. The molecule has 7 heteroatoms. The van der Waals surface area contributed by atoms with Crippen LogP contribution in [0, 0.1) is 12.8 Å². The first-order chi connectivity index (χ1) is 12.1. The minimum atomic E-state index is -0.770. The Hall–Kier alpha value is -1.47. The average Bonchev–Trinajstić information content (AvgIpc) is 3.19. The van der Waals surface area contributed by atoms with Gasteiger partial charge in [0, 0.05) is 24.0 Å². The minimum absolute atomic E-state index is 0.0501. The number of amides is 1. The summed E-state index contributed by atoms with van der Waals surface area (Å²) in [6, 6.07) is 0.396. The number of aromatic nitrogens is 1. The molecule has 0 aliphatic heterocycles. The van der Waals surface area contributed by atoms with Crippen molar-refractivity contribution in [3.63, 3.8) is 0 Å². The number of carboxylic acids is 1. The fraction of sp³-hybridized carbons (Fsp3) is 0.737. The molecule has 0 atom stereocenters. The van der Waals surface area contributed by atoms with Gasteiger partial charge in [0.1, 0.15) is 4.88 Å². The molecule has 0 aromatic carbocycles. The van der Waals surface area contributed by atoms with Crippen LogP contribution in [0.4, 0.5) is 0 Å². The molecule has 144 valence electrons. The summed E-state index contributed by atoms with van der Waals surface area (Å²) in [5.74, 6) is -0.155. The van der Waals surface area contributed by atoms with Gasteiger partial charge in [-0.2, -0.15) is 0 Å². The van der Waals surface area contributed by atoms with Crippen molar-refractivity contribution in [3.05, 3.63) is 15.6 Å². The third-order valence-electron chi connectivity index (χ3n) is 5.14. The van der Waals surface area contributed by atoms with Gasteiger partial charge in [0.2, 0.25) is 0 Å². The Balaban J connectivity index is 1.54. The van der Waals surface area contributed by atoms with Gasteiger partial charge in [-0.1, -0.05) is 20.8 Å². The predicted molar refractivity (Wildman–Crippen MR) is 102 cm³/mol. The van der Waals surface area contributed by atoms with Crippen molar-refractivity contribution in [3.8, 4) is 0 Å². The topological polar surface area (TPSA) is 82.5 Å². The lowest BCUT2D eigenvalue weighted by Crippen LogP contribution is -2.55. The van der Waals surface area contributed by atoms with Crippen LogP contribution in [0.2, 0.25) is 0 Å². The first-order valence-electron chi connectivity index (χ1n) is 9.38. The molecule has 1 heterocycles. The van der Waals surface area contributed by atoms with Gasteiger partial charge >= 0.3 is 5.97 Å². The van der Waals surface area contributed by atoms with E-state index < -0.39 is 5.97 Å². The normalized spacial score (nSPS) is 23.0. The lowest BCUT2D eigenvalue weighted by Gasteiger charge is -2.42. The Morgan fingerprint density at radius 1 is 1.31 bits per heavy atom. The van der Waals surface area contributed by atoms with Crippen LogP contribution in [0.15, 0.2) is 0 Å². The summed E-state index contributed by atoms with van der Waals surface area (Å²) in [6.07, 6.45) is 4.08. The van der Waals surface area contributed by atoms with E-state index >= 15 is 0 Å². The van der Waals surface area contributed by atoms with Crippen molar-refractivity contribution < 1.29 is 14.7 Å². The maximum Gasteiger partial charge on any atom is 0.317 e. The first kappa shape index (κ1) is 19.3. The second-order valence-corrected chi connectivity index (χ2v) is 9.74. The number of rotatable bonds is 7. The highest BCUT2D eigenvalue weighted by Crippen LogP contribution is 2.34. The summed E-state index contributed by atoms with van der Waals surface area (Å²) in [4.78, 5) is 31.0. The summed E-state index contributed by atoms with van der Waals surface area (Å²) >= 11 is 1.47. The first-order valence-corrected chi connectivity index (χ1v) is 10.2. The largest absolute Gasteiger partial charge is 0.480 e. The molecule has 6 nitrogen and oxygen atoms in total. The van der Waals surface area contributed by atoms with E-state index in [0.29, 0.717) is 10.8 Å². The van der Waals surface area contributed by atoms with Gasteiger partial charge < -0.3 is 10.4 Å². The molecule has 0 unspecified atom stereocenters. The minimum Gasteiger partial charge on any atom is -0.480 e. The molecule has 3 rings (SSSR count). The number of aryl methyl sites for hydroxylation is 1. The summed E-state index contributed by atoms with van der Waals surface area (Å²) < 4.78 is 0. The molecule has 2 fully saturated rings. The maximum atomic E-state index is 12.6. The molecule has 0 spiro atoms. The molecular formula is C19H29N3O3S. The van der Waals surface area contributed by atoms with Crippen molar-refractivity contribution in [2.45, 2.75) is 70.9 Å². The molecule has 0 bridgehead atoms. The van der Waals surface area contributed by atoms with Crippen LogP contribution in [-0.2, 0) is 10.2 Å². The maximum absolute atomic E-state index is 12.6. The summed E-state index contributed by atoms with van der Waals surface area (Å²) in [5, 5.41) is 13.2. The second-order valence-electron chi connectivity index (χ2n) is 8.75. The van der Waals surface area contributed by atoms with Crippen LogP contribution in [0.25, 0.3) is 0 Å². The van der Waals surface area contributed by atoms with Gasteiger partial charge in [0.15, 0.2) is 0 Å². The summed E-state index contributed by atoms with van der Waals surface area (Å²) in [6.45, 7) is 9.15. The van der Waals surface area contributed by atoms with E-state index in [1.165, 1.54) is 24.2 Å². The van der Waals surface area contributed by atoms with E-state index in [4.69, 9.17) is 5.11 Å². The molecule has 1 amide bonds. The SMILES string of the molecule is Cc1nc(C(C)(C)C)sc1C(=O)NC1CC(N(CC(=O)O)CC2CC2)C1. The van der Waals surface area contributed by atoms with Crippen LogP contribution in [0.5, 0.6) is 0 Å². The van der Waals surface area contributed by atoms with Gasteiger partial charge in [0.05, 0.1) is 17.2 Å². The highest BCUT2D eigenvalue weighted by atomic mass is 32.1. The zero-order chi connectivity index (χ0) is 19.1. The van der Waals surface area contributed by atoms with Gasteiger partial charge in [0.25, 0.3) is 5.91 Å². The van der Waals surface area contributed by atoms with Crippen LogP contribution < -0.4 is 5.32 Å². The smallest absolute Gasteiger partial charge is 0.317 e. The number of hydrogen-bond acceptors (Lipinski definition) is 5. The molecule has 0 saturated heterocycles. The van der Waals surface area contributed by atoms with Gasteiger partial charge in [-0.25, -0.2) is 4.98 Å². The molecular weight excluding hydrogens is 350 g/mol. The number of hydrogen-bond donors (Lipinski definition) is 2. The van der Waals surface area contributed by atoms with Crippen molar-refractivity contribution in [1.82, 2.24) is 15.2 Å². The predicted octanol–water partition coefficient (Wildman–Crippen LogP) is 2.81. The van der Waals surface area contributed by atoms with E-state index in [0.717, 1.165) is 30.1 Å². The Bertz CT molecular complexity index is 685. The molecule has 26 heavy (non-hydrogen) atoms. The van der Waals surface area contributed by atoms with E-state index in [2.05, 4.69) is 36.0 Å². The average molecular weight is 380 g/mol. The Morgan fingerprint density at radius 3 is 2.46 bits per heavy atom. The fourth-order valence-corrected chi connectivity index (χ4v) is 4.36. The second kappa shape index (κ2) is 7.27. The highest BCUT2D eigenvalue weighted by Gasteiger charge is 2.38. The van der Waals surface area contributed by atoms with E-state index in [1.54, 1.807) is 0 Å². The van der Waals surface area contributed by atoms with Crippen molar-refractivity contribution in [2.24, 2.45) is 5.92 Å². The highest BCUT2D eigenvalue weighted by molar-refractivity contribution is 7.14. The number of nitrogens with one attached hydrogen (secondary N) is 1. The van der Waals surface area contributed by atoms with Crippen molar-refractivity contribution in [2.75, 3.05) is 13.1 Å². The van der Waals surface area contributed by atoms with Crippen molar-refractivity contribution in [1.29, 1.82) is 0 Å². The third-order valence-corrected chi connectivity index (χ3v) is 6.72. The number of carbonyl (C=O) groups is 2. The molecule has 1 aromatic heterocycles. The number of aliphatic carboxylic acids is 1. The van der Waals surface area contributed by atoms with Crippen molar-refractivity contribution >= 4 is 23.2 Å². The Morgan fingerprint density at radius 2 is 1.96 bits per heavy atom. The van der Waals surface area contributed by atoms with Gasteiger partial charge in [-0.3, -0.25) is 14.5 Å². The molecule has 2 aliphatic rings. The Kier molecular flexibility index (Phi) is 5.40. The standard InChI is InChI=1S/C19H29N3O3S/c1-11-16(26-18(20-11)19(2,3)4)17(25)21-13-7-14(8-13)22(10-15(23)24)9-12-5-6-12/h12-14H,5-10H2,1-4H3,(H,21,25)(H,23,24). The fourth-order valence-electron chi connectivity index (χ4n) is 3.33. The third kappa shape index (κ3) is 4.62. The molecule has 2 N–H and O–H groups in total. The van der Waals surface area contributed by atoms with Gasteiger partial charge in [-0.05, 0) is 38.5 Å². The molecule has 1 aromatic rings. The van der Waals surface area contributed by atoms with E-state index in [9.17, 15) is 9.59 Å². The molecule has 0 radical (unpaired) electrons. The van der Waals surface area contributed by atoms with Crippen LogP contribution in [0.1, 0.15) is 66.8 Å².